The van der Waals surface area contributed by atoms with E-state index in [1.165, 1.54) is 59.6 Å². The summed E-state index contributed by atoms with van der Waals surface area (Å²) >= 11 is 5.63. The van der Waals surface area contributed by atoms with Crippen LogP contribution in [0.5, 0.6) is 0 Å². The maximum absolute atomic E-state index is 13.1. The molecule has 8 aliphatic heterocycles. The molecule has 3 aromatic heterocycles. The molecule has 21 rings (SSSR count). The number of benzene rings is 6. The Morgan fingerprint density at radius 1 is 0.379 bits per heavy atom. The van der Waals surface area contributed by atoms with Crippen LogP contribution in [0.25, 0.3) is 28.7 Å². The molecule has 124 heavy (non-hydrogen) atoms. The van der Waals surface area contributed by atoms with E-state index in [0.717, 1.165) is 17.1 Å². The van der Waals surface area contributed by atoms with E-state index in [4.69, 9.17) is 23.4 Å². The number of aryl methyl sites for hydroxylation is 2. The number of likely N-dealkylation sites (tertiary alicyclic amines) is 4. The van der Waals surface area contributed by atoms with Gasteiger partial charge in [-0.1, -0.05) is 103 Å². The predicted octanol–water partition coefficient (Wildman–Crippen LogP) is 13.1. The molecule has 6 aromatic carbocycles. The van der Waals surface area contributed by atoms with E-state index in [9.17, 15) is 57.5 Å². The molecule has 30 heteroatoms. The number of anilines is 1. The number of rotatable bonds is 6. The number of piperidine rings is 4. The van der Waals surface area contributed by atoms with E-state index >= 15 is 0 Å². The molecule has 0 atom stereocenters. The molecule has 9 aromatic rings. The molecule has 26 nitrogen and oxygen atoms in total. The molecule has 0 unspecified atom stereocenters. The molecule has 4 amide bonds. The van der Waals surface area contributed by atoms with Gasteiger partial charge in [0.05, 0.1) is 17.5 Å². The summed E-state index contributed by atoms with van der Waals surface area (Å²) in [7, 11) is 5.73. The van der Waals surface area contributed by atoms with Crippen LogP contribution in [0.4, 0.5) is 5.69 Å². The van der Waals surface area contributed by atoms with Crippen molar-refractivity contribution in [2.45, 2.75) is 80.7 Å². The second kappa shape index (κ2) is 33.4. The average Bonchev–Trinajstić information content (AvgIpc) is 0.773. The van der Waals surface area contributed by atoms with E-state index in [-0.39, 0.29) is 23.6 Å². The first-order valence-corrected chi connectivity index (χ1v) is 44.9. The zero-order chi connectivity index (χ0) is 86.1. The molecule has 4 saturated heterocycles. The number of amides is 4. The first-order valence-electron chi connectivity index (χ1n) is 41.0. The van der Waals surface area contributed by atoms with E-state index in [2.05, 4.69) is 10.2 Å². The number of hydrogen-bond acceptors (Lipinski definition) is 24. The molecule has 630 valence electrons. The monoisotopic (exact) mass is 1740 g/mol. The molecule has 0 N–H and O–H groups in total. The van der Waals surface area contributed by atoms with Gasteiger partial charge in [0.1, 0.15) is 71.3 Å². The summed E-state index contributed by atoms with van der Waals surface area (Å²) in [5, 5.41) is 8.51. The second-order valence-corrected chi connectivity index (χ2v) is 36.6. The van der Waals surface area contributed by atoms with Crippen molar-refractivity contribution in [2.75, 3.05) is 94.4 Å². The molecule has 0 bridgehead atoms. The Kier molecular flexibility index (Phi) is 22.2. The third kappa shape index (κ3) is 15.4. The summed E-state index contributed by atoms with van der Waals surface area (Å²) in [4.78, 5) is 163. The molecule has 4 aliphatic carbocycles. The SMILES string of the molecule is CN(C)c1cccc(C(=O)N2CCC3(CC2)CSC2=C(O3)c3ccccc3C(=O)C2=O)c1.Cc1cc(C(=O)N2CCC3(CC2)CSC2=C(O3)c3ccccc3C(=O)C2=O)nn1C.O=C1C(=O)c2ccccc2C2=C1SCC1(CCN(C(=O)c3ccc(-n4cccn4)cc3)CC1)O2.O=C1C(=O)c2ccccc2C2=C1SCC1(CCN(C(=O)c3ccoc3)CC1)O2. The number of hydrogen-bond donors (Lipinski definition) is 0. The number of Topliss-reactive ketones (excluding diaryl/α,β-unsaturated/α-hetero) is 8. The van der Waals surface area contributed by atoms with Crippen LogP contribution in [0.2, 0.25) is 0 Å². The number of furan rings is 1. The summed E-state index contributed by atoms with van der Waals surface area (Å²) in [6.07, 6.45) is 11.9. The van der Waals surface area contributed by atoms with Crippen molar-refractivity contribution >= 4 is 146 Å². The summed E-state index contributed by atoms with van der Waals surface area (Å²) in [6, 6.07) is 48.8. The van der Waals surface area contributed by atoms with Crippen molar-refractivity contribution in [3.63, 3.8) is 0 Å². The van der Waals surface area contributed by atoms with Crippen molar-refractivity contribution < 1.29 is 80.9 Å². The Morgan fingerprint density at radius 3 is 1.05 bits per heavy atom. The van der Waals surface area contributed by atoms with E-state index in [0.29, 0.717) is 236 Å². The molecule has 0 saturated carbocycles. The maximum Gasteiger partial charge on any atom is 0.274 e. The van der Waals surface area contributed by atoms with Gasteiger partial charge in [-0.05, 0) is 67.6 Å². The molecule has 4 spiro atoms. The van der Waals surface area contributed by atoms with Crippen LogP contribution in [0, 0.1) is 6.92 Å². The number of thioether (sulfide) groups is 4. The van der Waals surface area contributed by atoms with Gasteiger partial charge in [0.2, 0.25) is 46.3 Å². The largest absolute Gasteiger partial charge is 0.484 e. The molecule has 12 aliphatic rings. The Hall–Kier alpha value is -12.4. The van der Waals surface area contributed by atoms with Gasteiger partial charge in [0, 0.05) is 227 Å². The highest BCUT2D eigenvalue weighted by molar-refractivity contribution is 8.05. The fourth-order valence-corrected chi connectivity index (χ4v) is 22.4. The van der Waals surface area contributed by atoms with Crippen LogP contribution >= 0.6 is 47.0 Å². The smallest absolute Gasteiger partial charge is 0.274 e. The van der Waals surface area contributed by atoms with Gasteiger partial charge in [0.25, 0.3) is 23.6 Å². The third-order valence-corrected chi connectivity index (χ3v) is 30.1. The van der Waals surface area contributed by atoms with Gasteiger partial charge in [-0.2, -0.15) is 10.2 Å². The van der Waals surface area contributed by atoms with Gasteiger partial charge in [-0.25, -0.2) is 4.68 Å². The lowest BCUT2D eigenvalue weighted by Crippen LogP contribution is -2.51. The number of fused-ring (bicyclic) bond motifs is 8. The highest BCUT2D eigenvalue weighted by Crippen LogP contribution is 2.53. The summed E-state index contributed by atoms with van der Waals surface area (Å²) in [5.74, 6) is 0.562. The molecule has 4 fully saturated rings. The molecular weight excluding hydrogens is 1660 g/mol. The maximum atomic E-state index is 13.1. The van der Waals surface area contributed by atoms with Gasteiger partial charge in [-0.3, -0.25) is 62.2 Å². The molecule has 11 heterocycles. The number of ether oxygens (including phenoxy) is 4. The van der Waals surface area contributed by atoms with Crippen LogP contribution in [0.1, 0.15) is 162 Å². The number of carbonyl (C=O) groups is 12. The van der Waals surface area contributed by atoms with Crippen molar-refractivity contribution in [3.8, 4) is 5.69 Å². The molecule has 0 radical (unpaired) electrons. The number of aromatic nitrogens is 4. The first-order chi connectivity index (χ1) is 59.9. The quantitative estimate of drug-likeness (QED) is 0.140. The summed E-state index contributed by atoms with van der Waals surface area (Å²) < 4.78 is 34.3. The third-order valence-electron chi connectivity index (χ3n) is 24.8. The minimum atomic E-state index is -0.486. The highest BCUT2D eigenvalue weighted by Gasteiger charge is 2.52. The van der Waals surface area contributed by atoms with Crippen LogP contribution in [0.3, 0.4) is 0 Å². The van der Waals surface area contributed by atoms with Crippen molar-refractivity contribution in [2.24, 2.45) is 7.05 Å². The van der Waals surface area contributed by atoms with Gasteiger partial charge >= 0.3 is 0 Å². The summed E-state index contributed by atoms with van der Waals surface area (Å²) in [5.41, 5.74) is 7.71. The Bertz CT molecular complexity index is 6090. The Morgan fingerprint density at radius 2 is 0.726 bits per heavy atom. The number of ketones is 8. The molecular formula is C94H83N9O17S4. The lowest BCUT2D eigenvalue weighted by atomic mass is 9.89. The lowest BCUT2D eigenvalue weighted by molar-refractivity contribution is -0.112. The Balaban J connectivity index is 0.000000113. The van der Waals surface area contributed by atoms with Crippen LogP contribution in [-0.2, 0) is 45.2 Å². The van der Waals surface area contributed by atoms with Crippen molar-refractivity contribution in [1.82, 2.24) is 39.2 Å². The van der Waals surface area contributed by atoms with Crippen LogP contribution < -0.4 is 4.90 Å². The van der Waals surface area contributed by atoms with Gasteiger partial charge < -0.3 is 47.9 Å². The minimum absolute atomic E-state index is 0.00554. The number of carbonyl (C=O) groups excluding carboxylic acids is 12. The topological polar surface area (TPSA) is 307 Å². The predicted molar refractivity (Wildman–Crippen MR) is 467 cm³/mol. The van der Waals surface area contributed by atoms with E-state index < -0.39 is 68.7 Å². The van der Waals surface area contributed by atoms with Gasteiger partial charge in [0.15, 0.2) is 5.69 Å². The first kappa shape index (κ1) is 82.6. The fraction of sp³-hybridized carbons (Fsp3) is 0.298. The van der Waals surface area contributed by atoms with Crippen LogP contribution in [0.15, 0.2) is 213 Å². The van der Waals surface area contributed by atoms with Crippen molar-refractivity contribution in [3.05, 3.63) is 281 Å². The standard InChI is InChI=1S/C26H21N3O4S.C25H24N2O4S.C22H21N3O4S.C21H17NO5S/c30-21-19-4-1-2-5-20(19)23-24(22(21)31)34-16-26(33-23)10-14-28(15-11-26)25(32)17-6-8-18(9-7-17)29-13-3-12-27-29;1-26(2)17-7-5-6-16(14-17)24(30)27-12-10-25(11-13-27)15-32-23-21(29)20(28)18-8-3-4-9-19(18)22(23)31-25;1-13-11-16(23-24(13)2)21(28)25-9-7-22(8-10-25)12-30-20-18(27)17(26)14-5-3-4-6-15(14)19(20)29-22;23-16-14-3-1-2-4-15(14)18-19(17(16)24)28-12-21(27-18)6-8-22(9-7-21)20(25)13-5-10-26-11-13/h1-9,12-13H,10-11,14-16H2;3-9,14H,10-13,15H2,1-2H3;3-6,11H,7-10,12H2,1-2H3;1-5,10-11H,6-9,12H2. The lowest BCUT2D eigenvalue weighted by Gasteiger charge is -2.45. The van der Waals surface area contributed by atoms with Gasteiger partial charge in [-0.15, -0.1) is 47.0 Å². The van der Waals surface area contributed by atoms with E-state index in [1.807, 2.05) is 157 Å². The second-order valence-electron chi connectivity index (χ2n) is 32.7. The number of nitrogens with zero attached hydrogens (tertiary/aromatic N) is 9. The zero-order valence-corrected chi connectivity index (χ0v) is 71.4. The average molecular weight is 1740 g/mol. The summed E-state index contributed by atoms with van der Waals surface area (Å²) in [6.45, 7) is 6.49. The zero-order valence-electron chi connectivity index (χ0n) is 68.1. The van der Waals surface area contributed by atoms with Crippen molar-refractivity contribution in [1.29, 1.82) is 0 Å². The minimum Gasteiger partial charge on any atom is -0.484 e. The Labute approximate surface area is 729 Å². The van der Waals surface area contributed by atoms with Crippen LogP contribution in [-0.4, -0.2) is 221 Å². The highest BCUT2D eigenvalue weighted by atomic mass is 32.2. The van der Waals surface area contributed by atoms with E-state index in [1.54, 1.807) is 81.1 Å². The number of allylic oxidation sites excluding steroid dienone is 4. The fourth-order valence-electron chi connectivity index (χ4n) is 17.4. The normalized spacial score (nSPS) is 19.7.